The van der Waals surface area contributed by atoms with E-state index in [1.165, 1.54) is 0 Å². The molecular formula is C13H25N3O2. The van der Waals surface area contributed by atoms with E-state index in [4.69, 9.17) is 15.0 Å². The molecule has 0 aliphatic heterocycles. The van der Waals surface area contributed by atoms with Crippen molar-refractivity contribution < 1.29 is 9.26 Å². The molecule has 0 radical (unpaired) electrons. The molecule has 0 bridgehead atoms. The zero-order valence-electron chi connectivity index (χ0n) is 11.9. The number of hydrogen-bond acceptors (Lipinski definition) is 5. The quantitative estimate of drug-likeness (QED) is 0.773. The second-order valence-corrected chi connectivity index (χ2v) is 4.49. The van der Waals surface area contributed by atoms with Gasteiger partial charge in [0.25, 0.3) is 0 Å². The van der Waals surface area contributed by atoms with E-state index in [0.29, 0.717) is 18.3 Å². The van der Waals surface area contributed by atoms with E-state index in [1.54, 1.807) is 0 Å². The van der Waals surface area contributed by atoms with Gasteiger partial charge in [-0.3, -0.25) is 0 Å². The van der Waals surface area contributed by atoms with Crippen molar-refractivity contribution >= 4 is 0 Å². The summed E-state index contributed by atoms with van der Waals surface area (Å²) in [6, 6.07) is -0.177. The molecule has 0 amide bonds. The van der Waals surface area contributed by atoms with Gasteiger partial charge in [-0.2, -0.15) is 4.98 Å². The Morgan fingerprint density at radius 1 is 1.28 bits per heavy atom. The van der Waals surface area contributed by atoms with Gasteiger partial charge >= 0.3 is 0 Å². The van der Waals surface area contributed by atoms with Crippen LogP contribution >= 0.6 is 0 Å². The monoisotopic (exact) mass is 255 g/mol. The van der Waals surface area contributed by atoms with E-state index < -0.39 is 5.60 Å². The maximum atomic E-state index is 5.98. The van der Waals surface area contributed by atoms with Gasteiger partial charge in [0, 0.05) is 6.61 Å². The molecular weight excluding hydrogens is 230 g/mol. The van der Waals surface area contributed by atoms with Crippen molar-refractivity contribution in [3.8, 4) is 0 Å². The van der Waals surface area contributed by atoms with Crippen LogP contribution in [-0.2, 0) is 10.3 Å². The Balaban J connectivity index is 2.93. The predicted octanol–water partition coefficient (Wildman–Crippen LogP) is 2.92. The third-order valence-corrected chi connectivity index (χ3v) is 3.33. The lowest BCUT2D eigenvalue weighted by Crippen LogP contribution is -2.30. The second-order valence-electron chi connectivity index (χ2n) is 4.49. The van der Waals surface area contributed by atoms with Crippen LogP contribution in [0.15, 0.2) is 4.52 Å². The summed E-state index contributed by atoms with van der Waals surface area (Å²) in [6.45, 7) is 8.83. The highest BCUT2D eigenvalue weighted by Crippen LogP contribution is 2.31. The molecule has 0 aliphatic rings. The molecule has 1 atom stereocenters. The molecule has 1 aromatic heterocycles. The summed E-state index contributed by atoms with van der Waals surface area (Å²) < 4.78 is 11.1. The molecule has 104 valence electrons. The third kappa shape index (κ3) is 3.09. The molecule has 0 aliphatic carbocycles. The van der Waals surface area contributed by atoms with Gasteiger partial charge in [-0.15, -0.1) is 0 Å². The van der Waals surface area contributed by atoms with Gasteiger partial charge in [-0.25, -0.2) is 0 Å². The molecule has 1 rings (SSSR count). The SMILES string of the molecule is CCC[C@H](N)c1nc(C(CC)(CC)OCC)no1. The van der Waals surface area contributed by atoms with Gasteiger partial charge in [0.2, 0.25) is 11.7 Å². The van der Waals surface area contributed by atoms with Crippen LogP contribution in [0.1, 0.15) is 71.1 Å². The summed E-state index contributed by atoms with van der Waals surface area (Å²) in [5.41, 5.74) is 5.54. The predicted molar refractivity (Wildman–Crippen MR) is 70.0 cm³/mol. The van der Waals surface area contributed by atoms with E-state index in [2.05, 4.69) is 30.9 Å². The van der Waals surface area contributed by atoms with Crippen LogP contribution in [0, 0.1) is 0 Å². The number of nitrogens with zero attached hydrogens (tertiary/aromatic N) is 2. The molecule has 0 spiro atoms. The molecule has 0 unspecified atom stereocenters. The highest BCUT2D eigenvalue weighted by Gasteiger charge is 2.35. The van der Waals surface area contributed by atoms with Crippen LogP contribution in [-0.4, -0.2) is 16.7 Å². The molecule has 0 aromatic carbocycles. The number of nitrogens with two attached hydrogens (primary N) is 1. The van der Waals surface area contributed by atoms with Crippen LogP contribution in [0.5, 0.6) is 0 Å². The molecule has 0 saturated carbocycles. The smallest absolute Gasteiger partial charge is 0.243 e. The Bertz CT molecular complexity index is 348. The van der Waals surface area contributed by atoms with Gasteiger partial charge in [-0.05, 0) is 26.2 Å². The number of aromatic nitrogens is 2. The van der Waals surface area contributed by atoms with Crippen LogP contribution < -0.4 is 5.73 Å². The van der Waals surface area contributed by atoms with Crippen molar-refractivity contribution in [2.45, 2.75) is 65.0 Å². The van der Waals surface area contributed by atoms with Gasteiger partial charge in [0.05, 0.1) is 6.04 Å². The van der Waals surface area contributed by atoms with E-state index >= 15 is 0 Å². The topological polar surface area (TPSA) is 74.2 Å². The maximum Gasteiger partial charge on any atom is 0.243 e. The van der Waals surface area contributed by atoms with Crippen LogP contribution in [0.3, 0.4) is 0 Å². The normalized spacial score (nSPS) is 13.8. The minimum absolute atomic E-state index is 0.177. The third-order valence-electron chi connectivity index (χ3n) is 3.33. The van der Waals surface area contributed by atoms with Crippen molar-refractivity contribution in [1.29, 1.82) is 0 Å². The van der Waals surface area contributed by atoms with E-state index in [-0.39, 0.29) is 6.04 Å². The Morgan fingerprint density at radius 2 is 1.94 bits per heavy atom. The molecule has 18 heavy (non-hydrogen) atoms. The summed E-state index contributed by atoms with van der Waals surface area (Å²) >= 11 is 0. The van der Waals surface area contributed by atoms with Crippen molar-refractivity contribution in [3.63, 3.8) is 0 Å². The van der Waals surface area contributed by atoms with Crippen LogP contribution in [0.4, 0.5) is 0 Å². The number of hydrogen-bond donors (Lipinski definition) is 1. The highest BCUT2D eigenvalue weighted by atomic mass is 16.5. The lowest BCUT2D eigenvalue weighted by atomic mass is 9.96. The number of ether oxygens (including phenoxy) is 1. The summed E-state index contributed by atoms with van der Waals surface area (Å²) in [5.74, 6) is 1.13. The van der Waals surface area contributed by atoms with Gasteiger partial charge in [0.15, 0.2) is 0 Å². The Hall–Kier alpha value is -0.940. The van der Waals surface area contributed by atoms with Gasteiger partial charge < -0.3 is 15.0 Å². The molecule has 0 fully saturated rings. The fraction of sp³-hybridized carbons (Fsp3) is 0.846. The largest absolute Gasteiger partial charge is 0.367 e. The summed E-state index contributed by atoms with van der Waals surface area (Å²) in [5, 5.41) is 4.06. The summed E-state index contributed by atoms with van der Waals surface area (Å²) in [6.07, 6.45) is 3.48. The highest BCUT2D eigenvalue weighted by molar-refractivity contribution is 5.02. The standard InChI is InChI=1S/C13H25N3O2/c1-5-9-10(14)11-15-12(16-18-11)13(6-2,7-3)17-8-4/h10H,5-9,14H2,1-4H3/t10-/m0/s1. The Morgan fingerprint density at radius 3 is 2.44 bits per heavy atom. The Labute approximate surface area is 109 Å². The lowest BCUT2D eigenvalue weighted by Gasteiger charge is -2.27. The van der Waals surface area contributed by atoms with Crippen LogP contribution in [0.25, 0.3) is 0 Å². The van der Waals surface area contributed by atoms with Gasteiger partial charge in [0.1, 0.15) is 5.60 Å². The molecule has 0 saturated heterocycles. The van der Waals surface area contributed by atoms with Crippen molar-refractivity contribution in [3.05, 3.63) is 11.7 Å². The maximum absolute atomic E-state index is 5.98. The molecule has 5 heteroatoms. The van der Waals surface area contributed by atoms with E-state index in [9.17, 15) is 0 Å². The number of rotatable bonds is 8. The van der Waals surface area contributed by atoms with Crippen LogP contribution in [0.2, 0.25) is 0 Å². The fourth-order valence-corrected chi connectivity index (χ4v) is 2.12. The first-order valence-electron chi connectivity index (χ1n) is 6.87. The zero-order chi connectivity index (χ0) is 13.6. The summed E-state index contributed by atoms with van der Waals surface area (Å²) in [7, 11) is 0. The summed E-state index contributed by atoms with van der Waals surface area (Å²) in [4.78, 5) is 4.43. The second kappa shape index (κ2) is 6.85. The zero-order valence-corrected chi connectivity index (χ0v) is 11.9. The first kappa shape index (κ1) is 15.1. The minimum atomic E-state index is -0.442. The molecule has 2 N–H and O–H groups in total. The molecule has 1 aromatic rings. The first-order valence-corrected chi connectivity index (χ1v) is 6.87. The minimum Gasteiger partial charge on any atom is -0.367 e. The van der Waals surface area contributed by atoms with E-state index in [1.807, 2.05) is 6.92 Å². The molecule has 1 heterocycles. The van der Waals surface area contributed by atoms with Crippen molar-refractivity contribution in [2.24, 2.45) is 5.73 Å². The molecule has 5 nitrogen and oxygen atoms in total. The van der Waals surface area contributed by atoms with Crippen molar-refractivity contribution in [1.82, 2.24) is 10.1 Å². The lowest BCUT2D eigenvalue weighted by molar-refractivity contribution is -0.0583. The fourth-order valence-electron chi connectivity index (χ4n) is 2.12. The van der Waals surface area contributed by atoms with Gasteiger partial charge in [-0.1, -0.05) is 32.3 Å². The average Bonchev–Trinajstić information content (AvgIpc) is 2.86. The van der Waals surface area contributed by atoms with Crippen molar-refractivity contribution in [2.75, 3.05) is 6.61 Å². The Kier molecular flexibility index (Phi) is 5.75. The van der Waals surface area contributed by atoms with E-state index in [0.717, 1.165) is 25.7 Å². The first-order chi connectivity index (χ1) is 8.63. The average molecular weight is 255 g/mol.